The lowest BCUT2D eigenvalue weighted by atomic mass is 10.1. The minimum absolute atomic E-state index is 0.0628. The van der Waals surface area contributed by atoms with E-state index in [1.165, 1.54) is 18.9 Å². The molecule has 0 radical (unpaired) electrons. The average molecular weight is 394 g/mol. The van der Waals surface area contributed by atoms with Crippen LogP contribution in [-0.4, -0.2) is 33.2 Å². The number of para-hydroxylation sites is 1. The predicted octanol–water partition coefficient (Wildman–Crippen LogP) is 4.03. The Labute approximate surface area is 166 Å². The number of benzene rings is 2. The molecule has 8 heteroatoms. The molecule has 142 valence electrons. The summed E-state index contributed by atoms with van der Waals surface area (Å²) in [5, 5.41) is 22.3. The molecule has 0 amide bonds. The molecule has 1 aromatic heterocycles. The van der Waals surface area contributed by atoms with Crippen LogP contribution in [0, 0.1) is 0 Å². The summed E-state index contributed by atoms with van der Waals surface area (Å²) in [6, 6.07) is 12.8. The molecule has 3 aromatic rings. The number of phenols is 1. The molecule has 0 saturated heterocycles. The van der Waals surface area contributed by atoms with Crippen LogP contribution in [0.15, 0.2) is 60.3 Å². The Morgan fingerprint density at radius 1 is 1.29 bits per heavy atom. The van der Waals surface area contributed by atoms with Crippen molar-refractivity contribution >= 4 is 17.4 Å². The zero-order valence-corrected chi connectivity index (χ0v) is 15.9. The molecule has 1 atom stereocenters. The summed E-state index contributed by atoms with van der Waals surface area (Å²) in [5.41, 5.74) is 3.04. The highest BCUT2D eigenvalue weighted by Gasteiger charge is 2.26. The predicted molar refractivity (Wildman–Crippen MR) is 108 cm³/mol. The van der Waals surface area contributed by atoms with Crippen molar-refractivity contribution in [2.45, 2.75) is 11.4 Å². The van der Waals surface area contributed by atoms with Gasteiger partial charge in [-0.2, -0.15) is 4.98 Å². The summed E-state index contributed by atoms with van der Waals surface area (Å²) in [5.74, 6) is 1.49. The van der Waals surface area contributed by atoms with Crippen LogP contribution in [0.4, 0.5) is 5.69 Å². The van der Waals surface area contributed by atoms with Crippen LogP contribution in [0.1, 0.15) is 11.8 Å². The number of anilines is 1. The molecule has 7 nitrogen and oxygen atoms in total. The largest absolute Gasteiger partial charge is 0.504 e. The molecule has 0 unspecified atom stereocenters. The maximum atomic E-state index is 9.90. The molecule has 0 saturated carbocycles. The number of nitrogens with zero attached hydrogens (tertiary/aromatic N) is 3. The van der Waals surface area contributed by atoms with Gasteiger partial charge in [0.05, 0.1) is 7.11 Å². The zero-order chi connectivity index (χ0) is 19.5. The van der Waals surface area contributed by atoms with Crippen LogP contribution in [0.2, 0.25) is 0 Å². The fourth-order valence-corrected chi connectivity index (χ4v) is 3.36. The van der Waals surface area contributed by atoms with E-state index in [0.717, 1.165) is 16.8 Å². The molecular formula is C20H18N4O3S. The maximum Gasteiger partial charge on any atom is 0.247 e. The standard InChI is InChI=1S/C20H18N4O3S/c1-3-10-28-20-22-19-17(23-24-20)13-6-4-5-7-14(13)21-18(27-19)12-8-9-15(25)16(11-12)26-2/h3-9,11,18,21,25H,1,10H2,2H3/t18-/m0/s1. The van der Waals surface area contributed by atoms with Gasteiger partial charge in [0.25, 0.3) is 0 Å². The number of aromatic nitrogens is 3. The van der Waals surface area contributed by atoms with Crippen molar-refractivity contribution in [1.29, 1.82) is 0 Å². The minimum Gasteiger partial charge on any atom is -0.504 e. The summed E-state index contributed by atoms with van der Waals surface area (Å²) in [6.45, 7) is 3.71. The summed E-state index contributed by atoms with van der Waals surface area (Å²) < 4.78 is 11.4. The third-order valence-electron chi connectivity index (χ3n) is 4.17. The van der Waals surface area contributed by atoms with Crippen LogP contribution >= 0.6 is 11.8 Å². The van der Waals surface area contributed by atoms with Gasteiger partial charge in [-0.15, -0.1) is 16.8 Å². The Bertz CT molecular complexity index is 1030. The lowest BCUT2D eigenvalue weighted by Gasteiger charge is -2.20. The van der Waals surface area contributed by atoms with Gasteiger partial charge < -0.3 is 19.9 Å². The smallest absolute Gasteiger partial charge is 0.247 e. The quantitative estimate of drug-likeness (QED) is 0.495. The van der Waals surface area contributed by atoms with Crippen LogP contribution < -0.4 is 14.8 Å². The fraction of sp³-hybridized carbons (Fsp3) is 0.150. The van der Waals surface area contributed by atoms with Gasteiger partial charge in [0.15, 0.2) is 23.4 Å². The first-order chi connectivity index (χ1) is 13.7. The third-order valence-corrected chi connectivity index (χ3v) is 5.00. The monoisotopic (exact) mass is 394 g/mol. The van der Waals surface area contributed by atoms with E-state index in [0.29, 0.717) is 28.2 Å². The second-order valence-corrected chi connectivity index (χ2v) is 6.95. The lowest BCUT2D eigenvalue weighted by Crippen LogP contribution is -2.17. The molecule has 2 heterocycles. The van der Waals surface area contributed by atoms with Gasteiger partial charge in [0.2, 0.25) is 11.0 Å². The minimum atomic E-state index is -0.550. The molecule has 28 heavy (non-hydrogen) atoms. The van der Waals surface area contributed by atoms with E-state index in [1.54, 1.807) is 24.3 Å². The van der Waals surface area contributed by atoms with Crippen molar-refractivity contribution in [3.63, 3.8) is 0 Å². The summed E-state index contributed by atoms with van der Waals surface area (Å²) in [7, 11) is 1.51. The van der Waals surface area contributed by atoms with Gasteiger partial charge in [-0.1, -0.05) is 36.0 Å². The molecule has 1 aliphatic heterocycles. The van der Waals surface area contributed by atoms with E-state index in [9.17, 15) is 5.11 Å². The summed E-state index contributed by atoms with van der Waals surface area (Å²) in [6.07, 6.45) is 1.23. The first kappa shape index (κ1) is 18.1. The number of phenolic OH excluding ortho intramolecular Hbond substituents is 1. The summed E-state index contributed by atoms with van der Waals surface area (Å²) >= 11 is 1.43. The average Bonchev–Trinajstić information content (AvgIpc) is 2.89. The second kappa shape index (κ2) is 7.77. The number of hydrogen-bond acceptors (Lipinski definition) is 8. The van der Waals surface area contributed by atoms with Gasteiger partial charge >= 0.3 is 0 Å². The van der Waals surface area contributed by atoms with Crippen LogP contribution in [-0.2, 0) is 0 Å². The number of methoxy groups -OCH3 is 1. The van der Waals surface area contributed by atoms with E-state index in [4.69, 9.17) is 9.47 Å². The third kappa shape index (κ3) is 3.46. The molecule has 2 N–H and O–H groups in total. The number of hydrogen-bond donors (Lipinski definition) is 2. The highest BCUT2D eigenvalue weighted by molar-refractivity contribution is 7.99. The normalized spacial score (nSPS) is 14.7. The van der Waals surface area contributed by atoms with Gasteiger partial charge in [0.1, 0.15) is 0 Å². The van der Waals surface area contributed by atoms with Gasteiger partial charge in [-0.05, 0) is 24.3 Å². The van der Waals surface area contributed by atoms with E-state index in [-0.39, 0.29) is 5.75 Å². The van der Waals surface area contributed by atoms with E-state index < -0.39 is 6.23 Å². The fourth-order valence-electron chi connectivity index (χ4n) is 2.85. The Morgan fingerprint density at radius 2 is 2.14 bits per heavy atom. The van der Waals surface area contributed by atoms with Crippen molar-refractivity contribution < 1.29 is 14.6 Å². The molecule has 2 aromatic carbocycles. The number of nitrogens with one attached hydrogen (secondary N) is 1. The number of ether oxygens (including phenoxy) is 2. The molecule has 0 aliphatic carbocycles. The summed E-state index contributed by atoms with van der Waals surface area (Å²) in [4.78, 5) is 4.54. The van der Waals surface area contributed by atoms with E-state index >= 15 is 0 Å². The van der Waals surface area contributed by atoms with Crippen LogP contribution in [0.25, 0.3) is 11.3 Å². The number of fused-ring (bicyclic) bond motifs is 3. The first-order valence-corrected chi connectivity index (χ1v) is 9.56. The number of thioether (sulfide) groups is 1. The Kier molecular flexibility index (Phi) is 5.03. The molecular weight excluding hydrogens is 376 g/mol. The molecule has 0 spiro atoms. The van der Waals surface area contributed by atoms with Gasteiger partial charge in [0, 0.05) is 22.6 Å². The Balaban J connectivity index is 1.79. The Morgan fingerprint density at radius 3 is 2.96 bits per heavy atom. The van der Waals surface area contributed by atoms with E-state index in [2.05, 4.69) is 27.1 Å². The SMILES string of the molecule is C=CCSc1nnc2c(n1)O[C@@H](c1ccc(O)c(OC)c1)Nc1ccccc1-2. The van der Waals surface area contributed by atoms with Crippen molar-refractivity contribution in [3.8, 4) is 28.6 Å². The van der Waals surface area contributed by atoms with Crippen molar-refractivity contribution in [1.82, 2.24) is 15.2 Å². The molecule has 0 fully saturated rings. The topological polar surface area (TPSA) is 89.4 Å². The molecule has 4 rings (SSSR count). The van der Waals surface area contributed by atoms with Gasteiger partial charge in [-0.3, -0.25) is 0 Å². The number of aromatic hydroxyl groups is 1. The highest BCUT2D eigenvalue weighted by atomic mass is 32.2. The van der Waals surface area contributed by atoms with Crippen LogP contribution in [0.3, 0.4) is 0 Å². The van der Waals surface area contributed by atoms with Crippen molar-refractivity contribution in [2.24, 2.45) is 0 Å². The second-order valence-electron chi connectivity index (χ2n) is 5.97. The van der Waals surface area contributed by atoms with Crippen LogP contribution in [0.5, 0.6) is 17.4 Å². The first-order valence-electron chi connectivity index (χ1n) is 8.57. The molecule has 0 bridgehead atoms. The van der Waals surface area contributed by atoms with Crippen molar-refractivity contribution in [3.05, 3.63) is 60.7 Å². The van der Waals surface area contributed by atoms with Crippen molar-refractivity contribution in [2.75, 3.05) is 18.2 Å². The highest BCUT2D eigenvalue weighted by Crippen LogP contribution is 2.40. The number of rotatable bonds is 5. The van der Waals surface area contributed by atoms with Gasteiger partial charge in [-0.25, -0.2) is 0 Å². The molecule has 1 aliphatic rings. The Hall–Kier alpha value is -3.26. The zero-order valence-electron chi connectivity index (χ0n) is 15.1. The van der Waals surface area contributed by atoms with E-state index in [1.807, 2.05) is 24.3 Å². The maximum absolute atomic E-state index is 9.90. The lowest BCUT2D eigenvalue weighted by molar-refractivity contribution is 0.224.